The fraction of sp³-hybridized carbons (Fsp3) is 0.889. The van der Waals surface area contributed by atoms with Crippen LogP contribution in [0.5, 0.6) is 0 Å². The molecule has 1 fully saturated rings. The maximum Gasteiger partial charge on any atom is 0.164 e. The van der Waals surface area contributed by atoms with Crippen LogP contribution < -0.4 is 0 Å². The summed E-state index contributed by atoms with van der Waals surface area (Å²) in [5, 5.41) is 0. The van der Waals surface area contributed by atoms with E-state index in [0.717, 1.165) is 19.1 Å². The molecule has 3 heteroatoms. The van der Waals surface area contributed by atoms with Gasteiger partial charge in [0.1, 0.15) is 5.60 Å². The van der Waals surface area contributed by atoms with E-state index in [9.17, 15) is 4.79 Å². The first kappa shape index (κ1) is 9.68. The van der Waals surface area contributed by atoms with Crippen molar-refractivity contribution < 1.29 is 14.3 Å². The molecular formula is C9H16O3. The van der Waals surface area contributed by atoms with Gasteiger partial charge in [0.15, 0.2) is 12.1 Å². The Morgan fingerprint density at radius 1 is 1.50 bits per heavy atom. The summed E-state index contributed by atoms with van der Waals surface area (Å²) in [7, 11) is 0. The van der Waals surface area contributed by atoms with Crippen molar-refractivity contribution >= 4 is 6.29 Å². The lowest BCUT2D eigenvalue weighted by atomic mass is 10.0. The predicted molar refractivity (Wildman–Crippen MR) is 44.8 cm³/mol. The van der Waals surface area contributed by atoms with Crippen LogP contribution in [0.4, 0.5) is 0 Å². The molecule has 0 saturated carbocycles. The number of aldehydes is 1. The Morgan fingerprint density at radius 2 is 2.17 bits per heavy atom. The number of hydrogen-bond donors (Lipinski definition) is 0. The van der Waals surface area contributed by atoms with Gasteiger partial charge in [0.25, 0.3) is 0 Å². The normalized spacial score (nSPS) is 33.6. The Bertz CT molecular complexity index is 177. The van der Waals surface area contributed by atoms with Crippen LogP contribution in [0.25, 0.3) is 0 Å². The molecular weight excluding hydrogens is 156 g/mol. The summed E-state index contributed by atoms with van der Waals surface area (Å²) in [6.07, 6.45) is 2.53. The zero-order valence-electron chi connectivity index (χ0n) is 7.92. The third-order valence-corrected chi connectivity index (χ3v) is 2.00. The molecule has 70 valence electrons. The van der Waals surface area contributed by atoms with Crippen molar-refractivity contribution in [2.24, 2.45) is 0 Å². The average molecular weight is 172 g/mol. The van der Waals surface area contributed by atoms with E-state index in [2.05, 4.69) is 0 Å². The van der Waals surface area contributed by atoms with Crippen molar-refractivity contribution in [2.45, 2.75) is 45.0 Å². The molecule has 1 heterocycles. The number of carbonyl (C=O) groups is 1. The summed E-state index contributed by atoms with van der Waals surface area (Å²) in [6.45, 7) is 6.07. The Morgan fingerprint density at radius 3 is 2.50 bits per heavy atom. The molecule has 0 aromatic rings. The lowest BCUT2D eigenvalue weighted by molar-refractivity contribution is -0.166. The summed E-state index contributed by atoms with van der Waals surface area (Å²) < 4.78 is 10.9. The molecule has 0 N–H and O–H groups in total. The molecule has 0 radical (unpaired) electrons. The maximum absolute atomic E-state index is 10.8. The fourth-order valence-corrected chi connectivity index (χ4v) is 1.51. The SMILES string of the molecule is CCCC1(C=O)COC(C)(C)O1. The molecule has 3 nitrogen and oxygen atoms in total. The van der Waals surface area contributed by atoms with E-state index < -0.39 is 11.4 Å². The molecule has 0 amide bonds. The summed E-state index contributed by atoms with van der Waals surface area (Å²) in [4.78, 5) is 10.8. The minimum atomic E-state index is -0.682. The van der Waals surface area contributed by atoms with Gasteiger partial charge in [0.05, 0.1) is 6.61 Å². The van der Waals surface area contributed by atoms with E-state index >= 15 is 0 Å². The summed E-state index contributed by atoms with van der Waals surface area (Å²) in [6, 6.07) is 0. The van der Waals surface area contributed by atoms with E-state index in [1.165, 1.54) is 0 Å². The molecule has 0 aromatic heterocycles. The molecule has 1 saturated heterocycles. The first-order valence-electron chi connectivity index (χ1n) is 4.34. The zero-order valence-corrected chi connectivity index (χ0v) is 7.92. The van der Waals surface area contributed by atoms with Crippen LogP contribution >= 0.6 is 0 Å². The van der Waals surface area contributed by atoms with Crippen LogP contribution in [0.1, 0.15) is 33.6 Å². The van der Waals surface area contributed by atoms with E-state index in [0.29, 0.717) is 6.61 Å². The fourth-order valence-electron chi connectivity index (χ4n) is 1.51. The van der Waals surface area contributed by atoms with Crippen LogP contribution in [0, 0.1) is 0 Å². The number of rotatable bonds is 3. The van der Waals surface area contributed by atoms with Gasteiger partial charge in [0.2, 0.25) is 0 Å². The molecule has 1 aliphatic rings. The maximum atomic E-state index is 10.8. The van der Waals surface area contributed by atoms with Gasteiger partial charge in [-0.25, -0.2) is 0 Å². The topological polar surface area (TPSA) is 35.5 Å². The van der Waals surface area contributed by atoms with Gasteiger partial charge in [-0.2, -0.15) is 0 Å². The van der Waals surface area contributed by atoms with Crippen LogP contribution in [-0.2, 0) is 14.3 Å². The Labute approximate surface area is 73.0 Å². The molecule has 0 aromatic carbocycles. The monoisotopic (exact) mass is 172 g/mol. The Balaban J connectivity index is 2.65. The van der Waals surface area contributed by atoms with Crippen LogP contribution in [0.2, 0.25) is 0 Å². The largest absolute Gasteiger partial charge is 0.347 e. The van der Waals surface area contributed by atoms with Crippen LogP contribution in [0.15, 0.2) is 0 Å². The summed E-state index contributed by atoms with van der Waals surface area (Å²) in [5.74, 6) is -0.601. The van der Waals surface area contributed by atoms with Gasteiger partial charge in [-0.05, 0) is 20.3 Å². The van der Waals surface area contributed by atoms with Gasteiger partial charge >= 0.3 is 0 Å². The van der Waals surface area contributed by atoms with Gasteiger partial charge in [-0.15, -0.1) is 0 Å². The molecule has 1 rings (SSSR count). The second-order valence-corrected chi connectivity index (χ2v) is 3.72. The van der Waals surface area contributed by atoms with E-state index in [1.54, 1.807) is 0 Å². The first-order chi connectivity index (χ1) is 5.54. The highest BCUT2D eigenvalue weighted by molar-refractivity contribution is 5.63. The molecule has 0 bridgehead atoms. The Hall–Kier alpha value is -0.410. The highest BCUT2D eigenvalue weighted by Gasteiger charge is 2.44. The lowest BCUT2D eigenvalue weighted by Gasteiger charge is -2.22. The average Bonchev–Trinajstić information content (AvgIpc) is 2.29. The molecule has 1 unspecified atom stereocenters. The van der Waals surface area contributed by atoms with Crippen molar-refractivity contribution in [3.63, 3.8) is 0 Å². The minimum Gasteiger partial charge on any atom is -0.347 e. The van der Waals surface area contributed by atoms with Gasteiger partial charge in [-0.3, -0.25) is 0 Å². The molecule has 0 spiro atoms. The second kappa shape index (κ2) is 3.15. The smallest absolute Gasteiger partial charge is 0.164 e. The third kappa shape index (κ3) is 1.84. The van der Waals surface area contributed by atoms with Gasteiger partial charge in [0, 0.05) is 0 Å². The number of hydrogen-bond acceptors (Lipinski definition) is 3. The van der Waals surface area contributed by atoms with E-state index in [4.69, 9.17) is 9.47 Å². The number of ether oxygens (including phenoxy) is 2. The zero-order chi connectivity index (χ0) is 9.24. The van der Waals surface area contributed by atoms with Crippen molar-refractivity contribution in [1.82, 2.24) is 0 Å². The van der Waals surface area contributed by atoms with E-state index in [1.807, 2.05) is 20.8 Å². The molecule has 1 aliphatic heterocycles. The van der Waals surface area contributed by atoms with Crippen LogP contribution in [-0.4, -0.2) is 24.3 Å². The van der Waals surface area contributed by atoms with Crippen molar-refractivity contribution in [3.05, 3.63) is 0 Å². The molecule has 12 heavy (non-hydrogen) atoms. The summed E-state index contributed by atoms with van der Waals surface area (Å²) >= 11 is 0. The number of carbonyl (C=O) groups excluding carboxylic acids is 1. The first-order valence-corrected chi connectivity index (χ1v) is 4.34. The highest BCUT2D eigenvalue weighted by atomic mass is 16.8. The highest BCUT2D eigenvalue weighted by Crippen LogP contribution is 2.32. The third-order valence-electron chi connectivity index (χ3n) is 2.00. The second-order valence-electron chi connectivity index (χ2n) is 3.72. The minimum absolute atomic E-state index is 0.386. The van der Waals surface area contributed by atoms with Crippen molar-refractivity contribution in [3.8, 4) is 0 Å². The van der Waals surface area contributed by atoms with Gasteiger partial charge in [-0.1, -0.05) is 13.3 Å². The quantitative estimate of drug-likeness (QED) is 0.605. The molecule has 1 atom stereocenters. The standard InChI is InChI=1S/C9H16O3/c1-4-5-9(6-10)7-11-8(2,3)12-9/h6H,4-5,7H2,1-3H3. The molecule has 0 aliphatic carbocycles. The van der Waals surface area contributed by atoms with Crippen LogP contribution in [0.3, 0.4) is 0 Å². The lowest BCUT2D eigenvalue weighted by Crippen LogP contribution is -2.35. The Kier molecular flexibility index (Phi) is 2.54. The summed E-state index contributed by atoms with van der Waals surface area (Å²) in [5.41, 5.74) is -0.682. The predicted octanol–water partition coefficient (Wildman–Crippen LogP) is 1.51. The van der Waals surface area contributed by atoms with Crippen molar-refractivity contribution in [2.75, 3.05) is 6.61 Å². The van der Waals surface area contributed by atoms with Crippen molar-refractivity contribution in [1.29, 1.82) is 0 Å². The van der Waals surface area contributed by atoms with Gasteiger partial charge < -0.3 is 14.3 Å². The van der Waals surface area contributed by atoms with E-state index in [-0.39, 0.29) is 0 Å².